The fourth-order valence-corrected chi connectivity index (χ4v) is 2.62. The van der Waals surface area contributed by atoms with Gasteiger partial charge in [-0.2, -0.15) is 0 Å². The highest BCUT2D eigenvalue weighted by Gasteiger charge is 2.21. The molecular weight excluding hydrogens is 252 g/mol. The SMILES string of the molecule is Cc1ccccc1CN(C)C(=O)CN1CCCC(O)C1. The summed E-state index contributed by atoms with van der Waals surface area (Å²) in [7, 11) is 1.84. The molecule has 1 aliphatic heterocycles. The number of carbonyl (C=O) groups excluding carboxylic acids is 1. The number of nitrogens with zero attached hydrogens (tertiary/aromatic N) is 2. The second-order valence-corrected chi connectivity index (χ2v) is 5.71. The van der Waals surface area contributed by atoms with Gasteiger partial charge in [0.1, 0.15) is 0 Å². The third-order valence-corrected chi connectivity index (χ3v) is 3.93. The van der Waals surface area contributed by atoms with Crippen LogP contribution in [0.3, 0.4) is 0 Å². The first-order valence-electron chi connectivity index (χ1n) is 7.25. The summed E-state index contributed by atoms with van der Waals surface area (Å²) in [5, 5.41) is 9.64. The predicted octanol–water partition coefficient (Wildman–Crippen LogP) is 1.41. The molecule has 0 spiro atoms. The highest BCUT2D eigenvalue weighted by Crippen LogP contribution is 2.12. The standard InChI is InChI=1S/C16H24N2O2/c1-13-6-3-4-7-14(13)10-17(2)16(20)12-18-9-5-8-15(19)11-18/h3-4,6-7,15,19H,5,8-12H2,1-2H3. The quantitative estimate of drug-likeness (QED) is 0.904. The van der Waals surface area contributed by atoms with E-state index in [1.165, 1.54) is 11.1 Å². The van der Waals surface area contributed by atoms with Gasteiger partial charge in [-0.3, -0.25) is 9.69 Å². The van der Waals surface area contributed by atoms with E-state index >= 15 is 0 Å². The molecular formula is C16H24N2O2. The number of hydrogen-bond acceptors (Lipinski definition) is 3. The fourth-order valence-electron chi connectivity index (χ4n) is 2.62. The Morgan fingerprint density at radius 3 is 2.90 bits per heavy atom. The van der Waals surface area contributed by atoms with E-state index in [1.54, 1.807) is 4.90 Å². The van der Waals surface area contributed by atoms with Crippen LogP contribution in [-0.2, 0) is 11.3 Å². The van der Waals surface area contributed by atoms with Gasteiger partial charge in [0.05, 0.1) is 12.6 Å². The highest BCUT2D eigenvalue weighted by atomic mass is 16.3. The van der Waals surface area contributed by atoms with E-state index in [2.05, 4.69) is 19.1 Å². The number of amides is 1. The molecule has 1 saturated heterocycles. The summed E-state index contributed by atoms with van der Waals surface area (Å²) >= 11 is 0. The van der Waals surface area contributed by atoms with Gasteiger partial charge in [0.15, 0.2) is 0 Å². The molecule has 1 heterocycles. The van der Waals surface area contributed by atoms with Crippen molar-refractivity contribution in [2.24, 2.45) is 0 Å². The number of likely N-dealkylation sites (N-methyl/N-ethyl adjacent to an activating group) is 1. The molecule has 1 N–H and O–H groups in total. The smallest absolute Gasteiger partial charge is 0.236 e. The molecule has 0 aromatic heterocycles. The van der Waals surface area contributed by atoms with Crippen LogP contribution >= 0.6 is 0 Å². The van der Waals surface area contributed by atoms with Gasteiger partial charge in [-0.05, 0) is 37.4 Å². The van der Waals surface area contributed by atoms with Crippen LogP contribution in [0.15, 0.2) is 24.3 Å². The number of aliphatic hydroxyl groups is 1. The van der Waals surface area contributed by atoms with E-state index < -0.39 is 0 Å². The zero-order valence-electron chi connectivity index (χ0n) is 12.4. The van der Waals surface area contributed by atoms with Crippen LogP contribution in [0.25, 0.3) is 0 Å². The van der Waals surface area contributed by atoms with Crippen LogP contribution < -0.4 is 0 Å². The summed E-state index contributed by atoms with van der Waals surface area (Å²) in [6, 6.07) is 8.13. The number of likely N-dealkylation sites (tertiary alicyclic amines) is 1. The molecule has 1 aliphatic rings. The van der Waals surface area contributed by atoms with Crippen molar-refractivity contribution >= 4 is 5.91 Å². The first kappa shape index (κ1) is 15.0. The second kappa shape index (κ2) is 6.86. The van der Waals surface area contributed by atoms with E-state index in [1.807, 2.05) is 24.1 Å². The first-order chi connectivity index (χ1) is 9.56. The Labute approximate surface area is 121 Å². The Morgan fingerprint density at radius 2 is 2.20 bits per heavy atom. The maximum Gasteiger partial charge on any atom is 0.236 e. The number of aliphatic hydroxyl groups excluding tert-OH is 1. The van der Waals surface area contributed by atoms with Crippen molar-refractivity contribution in [3.63, 3.8) is 0 Å². The molecule has 0 aliphatic carbocycles. The van der Waals surface area contributed by atoms with Gasteiger partial charge >= 0.3 is 0 Å². The summed E-state index contributed by atoms with van der Waals surface area (Å²) in [6.45, 7) is 4.63. The molecule has 0 bridgehead atoms. The van der Waals surface area contributed by atoms with Crippen molar-refractivity contribution in [3.8, 4) is 0 Å². The molecule has 1 unspecified atom stereocenters. The molecule has 1 aromatic rings. The number of benzene rings is 1. The molecule has 0 radical (unpaired) electrons. The fraction of sp³-hybridized carbons (Fsp3) is 0.562. The number of piperidine rings is 1. The molecule has 1 atom stereocenters. The molecule has 4 heteroatoms. The molecule has 20 heavy (non-hydrogen) atoms. The number of hydrogen-bond donors (Lipinski definition) is 1. The third-order valence-electron chi connectivity index (χ3n) is 3.93. The summed E-state index contributed by atoms with van der Waals surface area (Å²) in [5.41, 5.74) is 2.39. The summed E-state index contributed by atoms with van der Waals surface area (Å²) in [5.74, 6) is 0.113. The molecule has 1 amide bonds. The average Bonchev–Trinajstić information content (AvgIpc) is 2.41. The lowest BCUT2D eigenvalue weighted by Gasteiger charge is -2.30. The van der Waals surface area contributed by atoms with Gasteiger partial charge in [0.2, 0.25) is 5.91 Å². The van der Waals surface area contributed by atoms with Crippen molar-refractivity contribution in [2.75, 3.05) is 26.7 Å². The van der Waals surface area contributed by atoms with Gasteiger partial charge in [-0.1, -0.05) is 24.3 Å². The Bertz CT molecular complexity index is 462. The molecule has 1 fully saturated rings. The summed E-state index contributed by atoms with van der Waals surface area (Å²) in [6.07, 6.45) is 1.54. The lowest BCUT2D eigenvalue weighted by Crippen LogP contribution is -2.44. The van der Waals surface area contributed by atoms with Crippen molar-refractivity contribution < 1.29 is 9.90 Å². The molecule has 0 saturated carbocycles. The van der Waals surface area contributed by atoms with Crippen LogP contribution in [-0.4, -0.2) is 53.6 Å². The van der Waals surface area contributed by atoms with Crippen molar-refractivity contribution in [1.82, 2.24) is 9.80 Å². The van der Waals surface area contributed by atoms with Crippen LogP contribution in [0.1, 0.15) is 24.0 Å². The van der Waals surface area contributed by atoms with Crippen molar-refractivity contribution in [3.05, 3.63) is 35.4 Å². The topological polar surface area (TPSA) is 43.8 Å². The lowest BCUT2D eigenvalue weighted by atomic mass is 10.1. The number of β-amino-alcohol motifs (C(OH)–C–C–N with tert-alkyl or cyclic N) is 1. The van der Waals surface area contributed by atoms with Crippen LogP contribution in [0.2, 0.25) is 0 Å². The van der Waals surface area contributed by atoms with Crippen LogP contribution in [0.4, 0.5) is 0 Å². The second-order valence-electron chi connectivity index (χ2n) is 5.71. The van der Waals surface area contributed by atoms with E-state index in [-0.39, 0.29) is 12.0 Å². The zero-order chi connectivity index (χ0) is 14.5. The molecule has 1 aromatic carbocycles. The maximum atomic E-state index is 12.2. The minimum Gasteiger partial charge on any atom is -0.392 e. The summed E-state index contributed by atoms with van der Waals surface area (Å²) < 4.78 is 0. The molecule has 4 nitrogen and oxygen atoms in total. The Morgan fingerprint density at radius 1 is 1.45 bits per heavy atom. The molecule has 2 rings (SSSR count). The monoisotopic (exact) mass is 276 g/mol. The van der Waals surface area contributed by atoms with E-state index in [4.69, 9.17) is 0 Å². The van der Waals surface area contributed by atoms with Crippen molar-refractivity contribution in [1.29, 1.82) is 0 Å². The largest absolute Gasteiger partial charge is 0.392 e. The normalized spacial score (nSPS) is 19.9. The Balaban J connectivity index is 1.87. The Kier molecular flexibility index (Phi) is 5.15. The van der Waals surface area contributed by atoms with Crippen molar-refractivity contribution in [2.45, 2.75) is 32.4 Å². The third kappa shape index (κ3) is 4.05. The number of aryl methyl sites for hydroxylation is 1. The van der Waals surface area contributed by atoms with Gasteiger partial charge in [-0.15, -0.1) is 0 Å². The average molecular weight is 276 g/mol. The minimum atomic E-state index is -0.279. The van der Waals surface area contributed by atoms with Gasteiger partial charge in [-0.25, -0.2) is 0 Å². The Hall–Kier alpha value is -1.39. The van der Waals surface area contributed by atoms with E-state index in [9.17, 15) is 9.90 Å². The predicted molar refractivity (Wildman–Crippen MR) is 79.3 cm³/mol. The number of carbonyl (C=O) groups is 1. The highest BCUT2D eigenvalue weighted by molar-refractivity contribution is 5.78. The van der Waals surface area contributed by atoms with Gasteiger partial charge < -0.3 is 10.0 Å². The maximum absolute atomic E-state index is 12.2. The zero-order valence-corrected chi connectivity index (χ0v) is 12.4. The number of rotatable bonds is 4. The van der Waals surface area contributed by atoms with E-state index in [0.717, 1.165) is 19.4 Å². The first-order valence-corrected chi connectivity index (χ1v) is 7.25. The van der Waals surface area contributed by atoms with Gasteiger partial charge in [0.25, 0.3) is 0 Å². The minimum absolute atomic E-state index is 0.113. The van der Waals surface area contributed by atoms with Gasteiger partial charge in [0, 0.05) is 20.1 Å². The summed E-state index contributed by atoms with van der Waals surface area (Å²) in [4.78, 5) is 16.0. The van der Waals surface area contributed by atoms with Crippen LogP contribution in [0.5, 0.6) is 0 Å². The van der Waals surface area contributed by atoms with E-state index in [0.29, 0.717) is 19.6 Å². The van der Waals surface area contributed by atoms with Crippen LogP contribution in [0, 0.1) is 6.92 Å². The molecule has 110 valence electrons. The lowest BCUT2D eigenvalue weighted by molar-refractivity contribution is -0.132.